The van der Waals surface area contributed by atoms with Gasteiger partial charge in [0.1, 0.15) is 12.4 Å². The van der Waals surface area contributed by atoms with Crippen LogP contribution in [0.5, 0.6) is 5.75 Å². The molecule has 33 heavy (non-hydrogen) atoms. The first kappa shape index (κ1) is 21.6. The third-order valence-electron chi connectivity index (χ3n) is 7.05. The van der Waals surface area contributed by atoms with Crippen molar-refractivity contribution >= 4 is 22.7 Å². The van der Waals surface area contributed by atoms with Gasteiger partial charge in [0.15, 0.2) is 0 Å². The Labute approximate surface area is 193 Å². The average molecular weight is 445 g/mol. The van der Waals surface area contributed by atoms with Crippen LogP contribution < -0.4 is 10.5 Å². The number of pyridine rings is 1. The van der Waals surface area contributed by atoms with Gasteiger partial charge in [-0.1, -0.05) is 30.3 Å². The van der Waals surface area contributed by atoms with Crippen molar-refractivity contribution in [2.24, 2.45) is 11.3 Å². The average Bonchev–Trinajstić information content (AvgIpc) is 3.29. The summed E-state index contributed by atoms with van der Waals surface area (Å²) in [5.74, 6) is 0.521. The third-order valence-corrected chi connectivity index (χ3v) is 7.05. The molecule has 0 unspecified atom stereocenters. The predicted molar refractivity (Wildman–Crippen MR) is 125 cm³/mol. The number of nitrogens with zero attached hydrogens (tertiary/aromatic N) is 2. The number of carbonyl (C=O) groups is 2. The summed E-state index contributed by atoms with van der Waals surface area (Å²) in [6, 6.07) is 18.1. The van der Waals surface area contributed by atoms with E-state index >= 15 is 0 Å². The van der Waals surface area contributed by atoms with Gasteiger partial charge in [0, 0.05) is 29.7 Å². The van der Waals surface area contributed by atoms with Crippen molar-refractivity contribution in [2.75, 3.05) is 13.1 Å². The Morgan fingerprint density at radius 3 is 2.55 bits per heavy atom. The largest absolute Gasteiger partial charge is 0.489 e. The summed E-state index contributed by atoms with van der Waals surface area (Å²) in [6.07, 6.45) is 3.27. The van der Waals surface area contributed by atoms with Crippen LogP contribution in [0.25, 0.3) is 10.9 Å². The SMILES string of the molecule is Cc1cc(COc2ccc(C[C@]3(C(=O)N4CCCC4)C[C@@H]3C([NH3+])=O)cc2)c2ccccc2n1. The van der Waals surface area contributed by atoms with Crippen LogP contribution in [0.1, 0.15) is 36.1 Å². The van der Waals surface area contributed by atoms with Gasteiger partial charge in [-0.3, -0.25) is 15.5 Å². The highest BCUT2D eigenvalue weighted by atomic mass is 16.5. The fourth-order valence-corrected chi connectivity index (χ4v) is 5.21. The maximum atomic E-state index is 13.2. The molecule has 3 aromatic rings. The van der Waals surface area contributed by atoms with E-state index in [4.69, 9.17) is 4.74 Å². The summed E-state index contributed by atoms with van der Waals surface area (Å²) in [5, 5.41) is 1.10. The number of rotatable bonds is 7. The second-order valence-electron chi connectivity index (χ2n) is 9.43. The lowest BCUT2D eigenvalue weighted by atomic mass is 9.92. The van der Waals surface area contributed by atoms with E-state index < -0.39 is 5.41 Å². The molecule has 2 fully saturated rings. The molecule has 1 saturated heterocycles. The molecule has 2 atom stereocenters. The molecule has 170 valence electrons. The Kier molecular flexibility index (Phi) is 5.62. The lowest BCUT2D eigenvalue weighted by Crippen LogP contribution is -2.59. The molecule has 0 radical (unpaired) electrons. The fraction of sp³-hybridized carbons (Fsp3) is 0.370. The van der Waals surface area contributed by atoms with Crippen LogP contribution in [0.2, 0.25) is 0 Å². The Bertz CT molecular complexity index is 1200. The van der Waals surface area contributed by atoms with Crippen LogP contribution in [-0.4, -0.2) is 34.8 Å². The molecule has 2 amide bonds. The van der Waals surface area contributed by atoms with Crippen LogP contribution >= 0.6 is 0 Å². The van der Waals surface area contributed by atoms with Crippen molar-refractivity contribution in [3.8, 4) is 5.75 Å². The van der Waals surface area contributed by atoms with Crippen molar-refractivity contribution in [3.63, 3.8) is 0 Å². The smallest absolute Gasteiger partial charge is 0.313 e. The highest BCUT2D eigenvalue weighted by molar-refractivity contribution is 5.93. The Morgan fingerprint density at radius 2 is 1.85 bits per heavy atom. The summed E-state index contributed by atoms with van der Waals surface area (Å²) in [5.41, 5.74) is 7.08. The fourth-order valence-electron chi connectivity index (χ4n) is 5.21. The second kappa shape index (κ2) is 8.60. The molecule has 6 heteroatoms. The monoisotopic (exact) mass is 444 g/mol. The molecule has 1 aromatic heterocycles. The van der Waals surface area contributed by atoms with Gasteiger partial charge in [0.25, 0.3) is 0 Å². The molecule has 1 aliphatic carbocycles. The summed E-state index contributed by atoms with van der Waals surface area (Å²) >= 11 is 0. The Balaban J connectivity index is 1.29. The van der Waals surface area contributed by atoms with E-state index in [-0.39, 0.29) is 17.7 Å². The highest BCUT2D eigenvalue weighted by Crippen LogP contribution is 2.56. The first-order valence-corrected chi connectivity index (χ1v) is 11.7. The zero-order valence-corrected chi connectivity index (χ0v) is 19.0. The zero-order valence-electron chi connectivity index (χ0n) is 19.0. The standard InChI is InChI=1S/C27H29N3O3/c1-18-14-20(22-6-2-3-7-24(22)29-18)17-33-21-10-8-19(9-11-21)15-27(16-23(27)25(28)31)26(32)30-12-4-5-13-30/h2-3,6-11,14,23H,4-5,12-13,15-17H2,1H3,(H2,28,31)/p+1/t23-,27+/m1/s1. The van der Waals surface area contributed by atoms with Crippen LogP contribution in [0, 0.1) is 18.3 Å². The summed E-state index contributed by atoms with van der Waals surface area (Å²) in [4.78, 5) is 31.8. The number of para-hydroxylation sites is 1. The molecule has 5 rings (SSSR count). The Morgan fingerprint density at radius 1 is 1.12 bits per heavy atom. The molecular weight excluding hydrogens is 414 g/mol. The van der Waals surface area contributed by atoms with Gasteiger partial charge in [-0.05, 0) is 62.4 Å². The molecular formula is C27H30N3O3+. The molecule has 2 aromatic carbocycles. The molecule has 3 N–H and O–H groups in total. The minimum Gasteiger partial charge on any atom is -0.489 e. The van der Waals surface area contributed by atoms with Crippen LogP contribution in [0.4, 0.5) is 0 Å². The van der Waals surface area contributed by atoms with Crippen LogP contribution in [-0.2, 0) is 22.6 Å². The van der Waals surface area contributed by atoms with E-state index in [1.165, 1.54) is 0 Å². The van der Waals surface area contributed by atoms with E-state index in [1.807, 2.05) is 54.3 Å². The lowest BCUT2D eigenvalue weighted by Gasteiger charge is -2.23. The normalized spacial score (nSPS) is 21.9. The number of hydrogen-bond acceptors (Lipinski definition) is 4. The Hall–Kier alpha value is -3.25. The van der Waals surface area contributed by atoms with Gasteiger partial charge in [-0.15, -0.1) is 0 Å². The topological polar surface area (TPSA) is 87.1 Å². The molecule has 1 aliphatic heterocycles. The maximum absolute atomic E-state index is 13.2. The zero-order chi connectivity index (χ0) is 23.0. The lowest BCUT2D eigenvalue weighted by molar-refractivity contribution is -0.308. The quantitative estimate of drug-likeness (QED) is 0.607. The molecule has 1 saturated carbocycles. The number of amides is 2. The van der Waals surface area contributed by atoms with E-state index in [0.717, 1.165) is 59.4 Å². The molecule has 2 aliphatic rings. The van der Waals surface area contributed by atoms with E-state index in [2.05, 4.69) is 22.9 Å². The van der Waals surface area contributed by atoms with E-state index in [9.17, 15) is 9.59 Å². The summed E-state index contributed by atoms with van der Waals surface area (Å²) < 4.78 is 6.08. The second-order valence-corrected chi connectivity index (χ2v) is 9.43. The van der Waals surface area contributed by atoms with E-state index in [0.29, 0.717) is 19.4 Å². The molecule has 0 spiro atoms. The van der Waals surface area contributed by atoms with E-state index in [1.54, 1.807) is 0 Å². The number of aromatic nitrogens is 1. The number of aryl methyl sites for hydroxylation is 1. The van der Waals surface area contributed by atoms with Crippen molar-refractivity contribution in [1.82, 2.24) is 9.88 Å². The number of fused-ring (bicyclic) bond motifs is 1. The summed E-state index contributed by atoms with van der Waals surface area (Å²) in [6.45, 7) is 4.05. The minimum atomic E-state index is -0.612. The van der Waals surface area contributed by atoms with Crippen molar-refractivity contribution < 1.29 is 20.1 Å². The molecule has 2 heterocycles. The number of benzene rings is 2. The number of quaternary nitrogens is 1. The van der Waals surface area contributed by atoms with Gasteiger partial charge < -0.3 is 9.64 Å². The third kappa shape index (κ3) is 4.23. The molecule has 0 bridgehead atoms. The van der Waals surface area contributed by atoms with Crippen LogP contribution in [0.15, 0.2) is 54.6 Å². The maximum Gasteiger partial charge on any atom is 0.313 e. The predicted octanol–water partition coefficient (Wildman–Crippen LogP) is 3.06. The highest BCUT2D eigenvalue weighted by Gasteiger charge is 2.65. The van der Waals surface area contributed by atoms with Gasteiger partial charge >= 0.3 is 5.91 Å². The van der Waals surface area contributed by atoms with Gasteiger partial charge in [0.2, 0.25) is 5.91 Å². The first-order chi connectivity index (χ1) is 16.0. The number of hydrogen-bond donors (Lipinski definition) is 1. The minimum absolute atomic E-state index is 0.123. The van der Waals surface area contributed by atoms with Gasteiger partial charge in [-0.2, -0.15) is 0 Å². The number of ether oxygens (including phenoxy) is 1. The van der Waals surface area contributed by atoms with Crippen molar-refractivity contribution in [3.05, 3.63) is 71.4 Å². The summed E-state index contributed by atoms with van der Waals surface area (Å²) in [7, 11) is 0. The van der Waals surface area contributed by atoms with Gasteiger partial charge in [0.05, 0.1) is 16.8 Å². The number of likely N-dealkylation sites (tertiary alicyclic amines) is 1. The van der Waals surface area contributed by atoms with Crippen LogP contribution in [0.3, 0.4) is 0 Å². The van der Waals surface area contributed by atoms with Crippen molar-refractivity contribution in [1.29, 1.82) is 0 Å². The number of carbonyl (C=O) groups excluding carboxylic acids is 2. The van der Waals surface area contributed by atoms with Gasteiger partial charge in [-0.25, -0.2) is 4.79 Å². The molecule has 6 nitrogen and oxygen atoms in total. The first-order valence-electron chi connectivity index (χ1n) is 11.7. The van der Waals surface area contributed by atoms with Crippen molar-refractivity contribution in [2.45, 2.75) is 39.2 Å².